The van der Waals surface area contributed by atoms with Crippen molar-refractivity contribution < 1.29 is 4.74 Å². The lowest BCUT2D eigenvalue weighted by molar-refractivity contribution is 0.116. The Morgan fingerprint density at radius 1 is 1.56 bits per heavy atom. The van der Waals surface area contributed by atoms with Gasteiger partial charge in [0.15, 0.2) is 0 Å². The number of likely N-dealkylation sites (N-methyl/N-ethyl adjacent to an activating group) is 1. The quantitative estimate of drug-likeness (QED) is 0.829. The minimum absolute atomic E-state index is 0.374. The molecule has 88 valence electrons. The number of hydrogen-bond donors (Lipinski definition) is 1. The Kier molecular flexibility index (Phi) is 3.74. The number of hydrogen-bond acceptors (Lipinski definition) is 4. The lowest BCUT2D eigenvalue weighted by Gasteiger charge is -2.22. The highest BCUT2D eigenvalue weighted by Gasteiger charge is 2.17. The van der Waals surface area contributed by atoms with Crippen LogP contribution in [-0.2, 0) is 11.3 Å². The maximum absolute atomic E-state index is 5.61. The molecule has 2 N–H and O–H groups in total. The third kappa shape index (κ3) is 2.71. The summed E-state index contributed by atoms with van der Waals surface area (Å²) >= 11 is 0. The van der Waals surface area contributed by atoms with Crippen molar-refractivity contribution in [3.8, 4) is 0 Å². The highest BCUT2D eigenvalue weighted by Crippen LogP contribution is 2.17. The summed E-state index contributed by atoms with van der Waals surface area (Å²) in [6.07, 6.45) is 4.60. The summed E-state index contributed by atoms with van der Waals surface area (Å²) in [5, 5.41) is 0. The molecule has 4 nitrogen and oxygen atoms in total. The van der Waals surface area contributed by atoms with E-state index in [2.05, 4.69) is 23.0 Å². The molecule has 0 saturated carbocycles. The van der Waals surface area contributed by atoms with Gasteiger partial charge in [0, 0.05) is 26.7 Å². The average molecular weight is 221 g/mol. The monoisotopic (exact) mass is 221 g/mol. The molecule has 4 heteroatoms. The molecule has 1 saturated heterocycles. The highest BCUT2D eigenvalue weighted by molar-refractivity contribution is 5.43. The molecule has 1 aromatic heterocycles. The number of aromatic nitrogens is 1. The largest absolute Gasteiger partial charge is 0.376 e. The fourth-order valence-corrected chi connectivity index (χ4v) is 1.96. The second-order valence-electron chi connectivity index (χ2n) is 4.23. The molecule has 1 fully saturated rings. The summed E-state index contributed by atoms with van der Waals surface area (Å²) < 4.78 is 5.61. The van der Waals surface area contributed by atoms with Crippen molar-refractivity contribution in [2.45, 2.75) is 25.5 Å². The lowest BCUT2D eigenvalue weighted by atomic mass is 10.2. The van der Waals surface area contributed by atoms with Crippen molar-refractivity contribution in [3.63, 3.8) is 0 Å². The van der Waals surface area contributed by atoms with Crippen LogP contribution in [0.5, 0.6) is 0 Å². The number of ether oxygens (including phenoxy) is 1. The number of pyridine rings is 1. The first-order valence-corrected chi connectivity index (χ1v) is 5.77. The zero-order chi connectivity index (χ0) is 11.4. The number of nitrogens with two attached hydrogens (primary N) is 1. The molecule has 1 aliphatic heterocycles. The van der Waals surface area contributed by atoms with Gasteiger partial charge < -0.3 is 15.4 Å². The van der Waals surface area contributed by atoms with Crippen molar-refractivity contribution in [3.05, 3.63) is 24.0 Å². The maximum Gasteiger partial charge on any atom is 0.0750 e. The van der Waals surface area contributed by atoms with Crippen LogP contribution in [0.2, 0.25) is 0 Å². The predicted molar refractivity (Wildman–Crippen MR) is 64.4 cm³/mol. The molecular formula is C12H19N3O. The van der Waals surface area contributed by atoms with Gasteiger partial charge in [-0.05, 0) is 25.0 Å². The van der Waals surface area contributed by atoms with Crippen LogP contribution >= 0.6 is 0 Å². The summed E-state index contributed by atoms with van der Waals surface area (Å²) in [4.78, 5) is 6.47. The predicted octanol–water partition coefficient (Wildman–Crippen LogP) is 1.16. The van der Waals surface area contributed by atoms with Gasteiger partial charge in [-0.25, -0.2) is 0 Å². The molecule has 1 aromatic rings. The molecule has 1 aliphatic rings. The van der Waals surface area contributed by atoms with Crippen molar-refractivity contribution in [2.24, 2.45) is 5.73 Å². The van der Waals surface area contributed by atoms with Crippen LogP contribution in [0.4, 0.5) is 5.69 Å². The summed E-state index contributed by atoms with van der Waals surface area (Å²) in [6, 6.07) is 4.03. The van der Waals surface area contributed by atoms with E-state index in [-0.39, 0.29) is 0 Å². The van der Waals surface area contributed by atoms with E-state index in [0.717, 1.165) is 24.5 Å². The van der Waals surface area contributed by atoms with Crippen LogP contribution in [0.25, 0.3) is 0 Å². The first-order chi connectivity index (χ1) is 7.79. The molecule has 0 bridgehead atoms. The second kappa shape index (κ2) is 5.27. The average Bonchev–Trinajstić information content (AvgIpc) is 2.82. The summed E-state index contributed by atoms with van der Waals surface area (Å²) in [6.45, 7) is 2.34. The third-order valence-corrected chi connectivity index (χ3v) is 2.96. The van der Waals surface area contributed by atoms with Gasteiger partial charge in [-0.2, -0.15) is 0 Å². The number of nitrogens with zero attached hydrogens (tertiary/aromatic N) is 2. The standard InChI is InChI=1S/C12H19N3O/c1-15(9-12-3-2-6-16-12)11-5-4-10(7-13)14-8-11/h4-5,8,12H,2-3,6-7,9,13H2,1H3. The smallest absolute Gasteiger partial charge is 0.0750 e. The van der Waals surface area contributed by atoms with E-state index in [0.29, 0.717) is 12.6 Å². The fourth-order valence-electron chi connectivity index (χ4n) is 1.96. The zero-order valence-electron chi connectivity index (χ0n) is 9.72. The third-order valence-electron chi connectivity index (χ3n) is 2.96. The Balaban J connectivity index is 1.94. The van der Waals surface area contributed by atoms with Crippen LogP contribution in [0.1, 0.15) is 18.5 Å². The van der Waals surface area contributed by atoms with E-state index in [4.69, 9.17) is 10.5 Å². The minimum atomic E-state index is 0.374. The van der Waals surface area contributed by atoms with E-state index in [1.807, 2.05) is 12.3 Å². The van der Waals surface area contributed by atoms with Gasteiger partial charge in [0.05, 0.1) is 23.7 Å². The molecule has 0 radical (unpaired) electrons. The Labute approximate surface area is 96.4 Å². The van der Waals surface area contributed by atoms with Crippen molar-refractivity contribution in [1.29, 1.82) is 0 Å². The van der Waals surface area contributed by atoms with Gasteiger partial charge in [-0.15, -0.1) is 0 Å². The summed E-state index contributed by atoms with van der Waals surface area (Å²) in [7, 11) is 2.07. The molecule has 0 aromatic carbocycles. The SMILES string of the molecule is CN(CC1CCCO1)c1ccc(CN)nc1. The Hall–Kier alpha value is -1.13. The molecule has 0 aliphatic carbocycles. The van der Waals surface area contributed by atoms with Gasteiger partial charge in [0.25, 0.3) is 0 Å². The Morgan fingerprint density at radius 3 is 3.00 bits per heavy atom. The van der Waals surface area contributed by atoms with Crippen LogP contribution in [0.15, 0.2) is 18.3 Å². The van der Waals surface area contributed by atoms with Crippen LogP contribution in [0, 0.1) is 0 Å². The molecule has 2 rings (SSSR count). The Morgan fingerprint density at radius 2 is 2.44 bits per heavy atom. The molecule has 0 amide bonds. The van der Waals surface area contributed by atoms with E-state index in [9.17, 15) is 0 Å². The summed E-state index contributed by atoms with van der Waals surface area (Å²) in [5.41, 5.74) is 7.56. The van der Waals surface area contributed by atoms with Crippen LogP contribution in [-0.4, -0.2) is 31.3 Å². The van der Waals surface area contributed by atoms with E-state index in [1.165, 1.54) is 12.8 Å². The normalized spacial score (nSPS) is 20.0. The van der Waals surface area contributed by atoms with Gasteiger partial charge in [0.1, 0.15) is 0 Å². The topological polar surface area (TPSA) is 51.4 Å². The van der Waals surface area contributed by atoms with Crippen LogP contribution in [0.3, 0.4) is 0 Å². The summed E-state index contributed by atoms with van der Waals surface area (Å²) in [5.74, 6) is 0. The Bertz CT molecular complexity index is 320. The molecule has 1 unspecified atom stereocenters. The van der Waals surface area contributed by atoms with Gasteiger partial charge >= 0.3 is 0 Å². The first-order valence-electron chi connectivity index (χ1n) is 5.77. The molecule has 2 heterocycles. The second-order valence-corrected chi connectivity index (χ2v) is 4.23. The van der Waals surface area contributed by atoms with Crippen molar-refractivity contribution >= 4 is 5.69 Å². The number of anilines is 1. The highest BCUT2D eigenvalue weighted by atomic mass is 16.5. The van der Waals surface area contributed by atoms with E-state index >= 15 is 0 Å². The zero-order valence-corrected chi connectivity index (χ0v) is 9.72. The molecule has 1 atom stereocenters. The molecule has 16 heavy (non-hydrogen) atoms. The van der Waals surface area contributed by atoms with Crippen molar-refractivity contribution in [2.75, 3.05) is 25.1 Å². The molecule has 0 spiro atoms. The van der Waals surface area contributed by atoms with Crippen molar-refractivity contribution in [1.82, 2.24) is 4.98 Å². The van der Waals surface area contributed by atoms with Gasteiger partial charge in [-0.1, -0.05) is 0 Å². The molecular weight excluding hydrogens is 202 g/mol. The number of rotatable bonds is 4. The van der Waals surface area contributed by atoms with Gasteiger partial charge in [-0.3, -0.25) is 4.98 Å². The lowest BCUT2D eigenvalue weighted by Crippen LogP contribution is -2.28. The maximum atomic E-state index is 5.61. The fraction of sp³-hybridized carbons (Fsp3) is 0.583. The van der Waals surface area contributed by atoms with E-state index < -0.39 is 0 Å². The van der Waals surface area contributed by atoms with Gasteiger partial charge in [0.2, 0.25) is 0 Å². The van der Waals surface area contributed by atoms with E-state index in [1.54, 1.807) is 0 Å². The first kappa shape index (κ1) is 11.4. The van der Waals surface area contributed by atoms with Crippen LogP contribution < -0.4 is 10.6 Å². The minimum Gasteiger partial charge on any atom is -0.376 e.